The van der Waals surface area contributed by atoms with Crippen LogP contribution < -0.4 is 4.72 Å². The van der Waals surface area contributed by atoms with Gasteiger partial charge in [0.25, 0.3) is 10.0 Å². The van der Waals surface area contributed by atoms with E-state index < -0.39 is 26.8 Å². The SMILES string of the molecule is Cc1ccc(-c2ccc(C#N)cn2)cc1NS(=O)(=O)c1ccnc(C(F)(F)F)c1. The minimum Gasteiger partial charge on any atom is -0.279 e. The van der Waals surface area contributed by atoms with Crippen LogP contribution in [0.1, 0.15) is 16.8 Å². The third kappa shape index (κ3) is 4.52. The van der Waals surface area contributed by atoms with Crippen LogP contribution in [0, 0.1) is 18.3 Å². The van der Waals surface area contributed by atoms with Gasteiger partial charge in [0.1, 0.15) is 11.8 Å². The average Bonchev–Trinajstić information content (AvgIpc) is 2.69. The average molecular weight is 418 g/mol. The highest BCUT2D eigenvalue weighted by atomic mass is 32.2. The Labute approximate surface area is 164 Å². The number of anilines is 1. The van der Waals surface area contributed by atoms with Gasteiger partial charge in [-0.1, -0.05) is 12.1 Å². The number of nitrogens with one attached hydrogen (secondary N) is 1. The molecule has 3 rings (SSSR count). The van der Waals surface area contributed by atoms with Crippen molar-refractivity contribution in [2.24, 2.45) is 0 Å². The van der Waals surface area contributed by atoms with Crippen molar-refractivity contribution >= 4 is 15.7 Å². The summed E-state index contributed by atoms with van der Waals surface area (Å²) < 4.78 is 66.0. The second kappa shape index (κ2) is 7.52. The van der Waals surface area contributed by atoms with E-state index in [1.54, 1.807) is 31.2 Å². The van der Waals surface area contributed by atoms with Gasteiger partial charge >= 0.3 is 6.18 Å². The molecule has 3 aromatic rings. The Kier molecular flexibility index (Phi) is 5.26. The number of nitrogens with zero attached hydrogens (tertiary/aromatic N) is 3. The lowest BCUT2D eigenvalue weighted by atomic mass is 10.1. The first-order valence-electron chi connectivity index (χ1n) is 8.13. The van der Waals surface area contributed by atoms with Crippen molar-refractivity contribution in [1.82, 2.24) is 9.97 Å². The van der Waals surface area contributed by atoms with Crippen molar-refractivity contribution in [2.45, 2.75) is 18.0 Å². The molecule has 2 aromatic heterocycles. The van der Waals surface area contributed by atoms with E-state index in [4.69, 9.17) is 5.26 Å². The van der Waals surface area contributed by atoms with E-state index in [1.165, 1.54) is 12.3 Å². The van der Waals surface area contributed by atoms with Crippen LogP contribution in [0.15, 0.2) is 59.8 Å². The van der Waals surface area contributed by atoms with Crippen molar-refractivity contribution in [3.05, 3.63) is 71.7 Å². The number of aromatic nitrogens is 2. The van der Waals surface area contributed by atoms with E-state index in [2.05, 4.69) is 14.7 Å². The number of nitriles is 1. The standard InChI is InChI=1S/C19H13F3N4O2S/c1-12-2-4-14(16-5-3-13(10-23)11-25-16)8-17(12)26-29(27,28)15-6-7-24-18(9-15)19(20,21)22/h2-9,11,26H,1H3. The molecule has 0 atom stereocenters. The second-order valence-corrected chi connectivity index (χ2v) is 7.74. The van der Waals surface area contributed by atoms with Crippen LogP contribution in [-0.4, -0.2) is 18.4 Å². The second-order valence-electron chi connectivity index (χ2n) is 6.05. The van der Waals surface area contributed by atoms with Gasteiger partial charge in [-0.15, -0.1) is 0 Å². The molecule has 0 unspecified atom stereocenters. The highest BCUT2D eigenvalue weighted by molar-refractivity contribution is 7.92. The fourth-order valence-corrected chi connectivity index (χ4v) is 3.59. The van der Waals surface area contributed by atoms with Gasteiger partial charge in [-0.05, 0) is 42.8 Å². The Morgan fingerprint density at radius 3 is 2.45 bits per heavy atom. The molecule has 0 aliphatic carbocycles. The molecule has 0 saturated carbocycles. The largest absolute Gasteiger partial charge is 0.433 e. The first kappa shape index (κ1) is 20.3. The summed E-state index contributed by atoms with van der Waals surface area (Å²) in [5, 5.41) is 8.84. The van der Waals surface area contributed by atoms with Crippen LogP contribution >= 0.6 is 0 Å². The van der Waals surface area contributed by atoms with Gasteiger partial charge in [0.2, 0.25) is 0 Å². The summed E-state index contributed by atoms with van der Waals surface area (Å²) in [5.41, 5.74) is 0.916. The van der Waals surface area contributed by atoms with E-state index in [0.717, 1.165) is 12.3 Å². The predicted octanol–water partition coefficient (Wildman–Crippen LogP) is 4.14. The Morgan fingerprint density at radius 2 is 1.83 bits per heavy atom. The van der Waals surface area contributed by atoms with Crippen LogP contribution in [0.4, 0.5) is 18.9 Å². The fourth-order valence-electron chi connectivity index (χ4n) is 2.46. The van der Waals surface area contributed by atoms with Crippen LogP contribution in [0.3, 0.4) is 0 Å². The molecule has 0 radical (unpaired) electrons. The molecule has 0 aliphatic heterocycles. The third-order valence-electron chi connectivity index (χ3n) is 4.00. The summed E-state index contributed by atoms with van der Waals surface area (Å²) in [4.78, 5) is 6.76. The number of rotatable bonds is 4. The Bertz CT molecular complexity index is 1200. The third-order valence-corrected chi connectivity index (χ3v) is 5.37. The van der Waals surface area contributed by atoms with Crippen LogP contribution in [0.25, 0.3) is 11.3 Å². The number of hydrogen-bond acceptors (Lipinski definition) is 5. The maximum Gasteiger partial charge on any atom is 0.433 e. The van der Waals surface area contributed by atoms with Crippen molar-refractivity contribution in [2.75, 3.05) is 4.72 Å². The molecule has 6 nitrogen and oxygen atoms in total. The smallest absolute Gasteiger partial charge is 0.279 e. The molecule has 2 heterocycles. The molecule has 0 bridgehead atoms. The van der Waals surface area contributed by atoms with Crippen LogP contribution in [-0.2, 0) is 16.2 Å². The molecule has 0 amide bonds. The van der Waals surface area contributed by atoms with E-state index in [1.807, 2.05) is 6.07 Å². The van der Waals surface area contributed by atoms with Crippen molar-refractivity contribution in [3.63, 3.8) is 0 Å². The summed E-state index contributed by atoms with van der Waals surface area (Å²) in [7, 11) is -4.28. The molecule has 0 aliphatic rings. The van der Waals surface area contributed by atoms with E-state index in [0.29, 0.717) is 28.5 Å². The zero-order valence-electron chi connectivity index (χ0n) is 14.9. The fraction of sp³-hybridized carbons (Fsp3) is 0.105. The molecular weight excluding hydrogens is 405 g/mol. The lowest BCUT2D eigenvalue weighted by Crippen LogP contribution is -2.16. The minimum absolute atomic E-state index is 0.194. The maximum atomic E-state index is 12.8. The number of pyridine rings is 2. The minimum atomic E-state index is -4.76. The lowest BCUT2D eigenvalue weighted by molar-refractivity contribution is -0.141. The van der Waals surface area contributed by atoms with E-state index in [-0.39, 0.29) is 5.69 Å². The highest BCUT2D eigenvalue weighted by Crippen LogP contribution is 2.30. The van der Waals surface area contributed by atoms with Gasteiger partial charge in [0.05, 0.1) is 21.8 Å². The number of benzene rings is 1. The molecule has 0 spiro atoms. The van der Waals surface area contributed by atoms with Crippen molar-refractivity contribution < 1.29 is 21.6 Å². The van der Waals surface area contributed by atoms with Gasteiger partial charge in [-0.25, -0.2) is 8.42 Å². The van der Waals surface area contributed by atoms with Gasteiger partial charge in [0, 0.05) is 18.0 Å². The zero-order valence-corrected chi connectivity index (χ0v) is 15.7. The van der Waals surface area contributed by atoms with Crippen molar-refractivity contribution in [1.29, 1.82) is 5.26 Å². The normalized spacial score (nSPS) is 11.7. The Balaban J connectivity index is 1.96. The molecule has 1 aromatic carbocycles. The van der Waals surface area contributed by atoms with Crippen molar-refractivity contribution in [3.8, 4) is 17.3 Å². The maximum absolute atomic E-state index is 12.8. The number of sulfonamides is 1. The number of alkyl halides is 3. The molecule has 0 saturated heterocycles. The summed E-state index contributed by atoms with van der Waals surface area (Å²) in [6, 6.07) is 11.5. The molecular formula is C19H13F3N4O2S. The van der Waals surface area contributed by atoms with Gasteiger partial charge in [-0.3, -0.25) is 14.7 Å². The van der Waals surface area contributed by atoms with E-state index in [9.17, 15) is 21.6 Å². The molecule has 1 N–H and O–H groups in total. The first-order valence-corrected chi connectivity index (χ1v) is 9.62. The quantitative estimate of drug-likeness (QED) is 0.687. The van der Waals surface area contributed by atoms with Crippen LogP contribution in [0.5, 0.6) is 0 Å². The van der Waals surface area contributed by atoms with Crippen LogP contribution in [0.2, 0.25) is 0 Å². The molecule has 29 heavy (non-hydrogen) atoms. The highest BCUT2D eigenvalue weighted by Gasteiger charge is 2.33. The predicted molar refractivity (Wildman–Crippen MR) is 99.2 cm³/mol. The molecule has 148 valence electrons. The van der Waals surface area contributed by atoms with Gasteiger partial charge in [-0.2, -0.15) is 18.4 Å². The Morgan fingerprint density at radius 1 is 1.07 bits per heavy atom. The molecule has 10 heteroatoms. The number of halogens is 3. The number of aryl methyl sites for hydroxylation is 1. The first-order chi connectivity index (χ1) is 13.6. The molecule has 0 fully saturated rings. The van der Waals surface area contributed by atoms with Gasteiger partial charge < -0.3 is 0 Å². The summed E-state index contributed by atoms with van der Waals surface area (Å²) in [5.74, 6) is 0. The zero-order chi connectivity index (χ0) is 21.2. The summed E-state index contributed by atoms with van der Waals surface area (Å²) >= 11 is 0. The van der Waals surface area contributed by atoms with Gasteiger partial charge in [0.15, 0.2) is 0 Å². The Hall–Kier alpha value is -3.45. The lowest BCUT2D eigenvalue weighted by Gasteiger charge is -2.13. The topological polar surface area (TPSA) is 95.7 Å². The van der Waals surface area contributed by atoms with E-state index >= 15 is 0 Å². The number of hydrogen-bond donors (Lipinski definition) is 1. The summed E-state index contributed by atoms with van der Waals surface area (Å²) in [6.07, 6.45) is -2.58. The summed E-state index contributed by atoms with van der Waals surface area (Å²) in [6.45, 7) is 1.65. The monoisotopic (exact) mass is 418 g/mol.